The standard InChI is InChI=1S/C15H17ClN2O3S/c1-11(14-6-4-5-9-17-14)18(2)22(19,20)12-7-8-15(21-3)13(16)10-12/h4-11H,1-3H3. The first-order chi connectivity index (χ1) is 10.4. The zero-order chi connectivity index (χ0) is 16.3. The lowest BCUT2D eigenvalue weighted by atomic mass is 10.2. The third-order valence-corrected chi connectivity index (χ3v) is 5.68. The van der Waals surface area contributed by atoms with Crippen LogP contribution in [0.15, 0.2) is 47.5 Å². The van der Waals surface area contributed by atoms with E-state index in [0.717, 1.165) is 0 Å². The van der Waals surface area contributed by atoms with Crippen molar-refractivity contribution in [2.45, 2.75) is 17.9 Å². The molecule has 0 fully saturated rings. The van der Waals surface area contributed by atoms with Crippen LogP contribution in [-0.4, -0.2) is 31.9 Å². The molecular weight excluding hydrogens is 324 g/mol. The van der Waals surface area contributed by atoms with Gasteiger partial charge in [-0.05, 0) is 37.3 Å². The molecule has 0 amide bonds. The molecule has 2 aromatic rings. The van der Waals surface area contributed by atoms with Crippen LogP contribution in [0.2, 0.25) is 5.02 Å². The van der Waals surface area contributed by atoms with Crippen LogP contribution in [0.3, 0.4) is 0 Å². The molecule has 0 aliphatic carbocycles. The summed E-state index contributed by atoms with van der Waals surface area (Å²) in [5, 5.41) is 0.252. The van der Waals surface area contributed by atoms with Crippen molar-refractivity contribution in [1.29, 1.82) is 0 Å². The number of rotatable bonds is 5. The molecule has 0 spiro atoms. The summed E-state index contributed by atoms with van der Waals surface area (Å²) in [6.45, 7) is 1.78. The summed E-state index contributed by atoms with van der Waals surface area (Å²) in [5.74, 6) is 0.432. The van der Waals surface area contributed by atoms with Gasteiger partial charge in [0.25, 0.3) is 0 Å². The maximum atomic E-state index is 12.7. The van der Waals surface area contributed by atoms with E-state index in [4.69, 9.17) is 16.3 Å². The zero-order valence-corrected chi connectivity index (χ0v) is 14.1. The third kappa shape index (κ3) is 3.24. The molecule has 1 aromatic carbocycles. The van der Waals surface area contributed by atoms with Crippen LogP contribution in [0, 0.1) is 0 Å². The van der Waals surface area contributed by atoms with Gasteiger partial charge in [0.1, 0.15) is 5.75 Å². The van der Waals surface area contributed by atoms with Gasteiger partial charge in [0, 0.05) is 13.2 Å². The number of hydrogen-bond acceptors (Lipinski definition) is 4. The second-order valence-electron chi connectivity index (χ2n) is 4.75. The van der Waals surface area contributed by atoms with Crippen LogP contribution in [0.5, 0.6) is 5.75 Å². The molecule has 0 aliphatic heterocycles. The van der Waals surface area contributed by atoms with Gasteiger partial charge in [0.05, 0.1) is 28.8 Å². The first-order valence-electron chi connectivity index (χ1n) is 6.60. The molecule has 1 heterocycles. The SMILES string of the molecule is COc1ccc(S(=O)(=O)N(C)C(C)c2ccccn2)cc1Cl. The molecule has 118 valence electrons. The maximum Gasteiger partial charge on any atom is 0.243 e. The van der Waals surface area contributed by atoms with Crippen LogP contribution < -0.4 is 4.74 Å². The molecule has 1 unspecified atom stereocenters. The maximum absolute atomic E-state index is 12.7. The summed E-state index contributed by atoms with van der Waals surface area (Å²) in [5.41, 5.74) is 0.674. The topological polar surface area (TPSA) is 59.5 Å². The second kappa shape index (κ2) is 6.64. The number of ether oxygens (including phenoxy) is 1. The van der Waals surface area contributed by atoms with Crippen molar-refractivity contribution in [2.75, 3.05) is 14.2 Å². The van der Waals surface area contributed by atoms with Gasteiger partial charge in [0.15, 0.2) is 0 Å². The van der Waals surface area contributed by atoms with Crippen LogP contribution in [0.25, 0.3) is 0 Å². The monoisotopic (exact) mass is 340 g/mol. The summed E-state index contributed by atoms with van der Waals surface area (Å²) in [7, 11) is -0.683. The molecule has 7 heteroatoms. The highest BCUT2D eigenvalue weighted by atomic mass is 35.5. The highest BCUT2D eigenvalue weighted by Crippen LogP contribution is 2.30. The Hall–Kier alpha value is -1.63. The highest BCUT2D eigenvalue weighted by Gasteiger charge is 2.27. The fourth-order valence-corrected chi connectivity index (χ4v) is 3.68. The van der Waals surface area contributed by atoms with E-state index >= 15 is 0 Å². The molecule has 1 atom stereocenters. The van der Waals surface area contributed by atoms with Crippen molar-refractivity contribution in [1.82, 2.24) is 9.29 Å². The minimum Gasteiger partial charge on any atom is -0.495 e. The van der Waals surface area contributed by atoms with E-state index < -0.39 is 16.1 Å². The predicted molar refractivity (Wildman–Crippen MR) is 85.6 cm³/mol. The number of aromatic nitrogens is 1. The first-order valence-corrected chi connectivity index (χ1v) is 8.42. The van der Waals surface area contributed by atoms with E-state index in [-0.39, 0.29) is 9.92 Å². The molecule has 2 rings (SSSR count). The summed E-state index contributed by atoms with van der Waals surface area (Å²) < 4.78 is 31.7. The van der Waals surface area contributed by atoms with Gasteiger partial charge in [-0.3, -0.25) is 4.98 Å². The normalized spacial score (nSPS) is 13.1. The van der Waals surface area contributed by atoms with Gasteiger partial charge in [-0.15, -0.1) is 0 Å². The fraction of sp³-hybridized carbons (Fsp3) is 0.267. The first kappa shape index (κ1) is 16.7. The van der Waals surface area contributed by atoms with Crippen molar-refractivity contribution >= 4 is 21.6 Å². The van der Waals surface area contributed by atoms with Gasteiger partial charge >= 0.3 is 0 Å². The van der Waals surface area contributed by atoms with Crippen molar-refractivity contribution in [3.8, 4) is 5.75 Å². The summed E-state index contributed by atoms with van der Waals surface area (Å²) in [6.07, 6.45) is 1.64. The van der Waals surface area contributed by atoms with E-state index in [1.54, 1.807) is 25.3 Å². The van der Waals surface area contributed by atoms with E-state index in [1.807, 2.05) is 6.07 Å². The van der Waals surface area contributed by atoms with E-state index in [2.05, 4.69) is 4.98 Å². The molecule has 5 nitrogen and oxygen atoms in total. The average molecular weight is 341 g/mol. The Balaban J connectivity index is 2.35. The Morgan fingerprint density at radius 2 is 2.00 bits per heavy atom. The zero-order valence-electron chi connectivity index (χ0n) is 12.5. The fourth-order valence-electron chi connectivity index (χ4n) is 1.99. The Bertz CT molecular complexity index is 751. The quantitative estimate of drug-likeness (QED) is 0.839. The number of halogens is 1. The van der Waals surface area contributed by atoms with E-state index in [1.165, 1.54) is 36.7 Å². The predicted octanol–water partition coefficient (Wildman–Crippen LogP) is 3.13. The Kier molecular flexibility index (Phi) is 5.05. The van der Waals surface area contributed by atoms with Crippen molar-refractivity contribution < 1.29 is 13.2 Å². The molecule has 0 radical (unpaired) electrons. The highest BCUT2D eigenvalue weighted by molar-refractivity contribution is 7.89. The molecule has 0 saturated heterocycles. The van der Waals surface area contributed by atoms with Gasteiger partial charge < -0.3 is 4.74 Å². The molecule has 0 aliphatic rings. The number of nitrogens with zero attached hydrogens (tertiary/aromatic N) is 2. The summed E-state index contributed by atoms with van der Waals surface area (Å²) in [6, 6.07) is 9.40. The summed E-state index contributed by atoms with van der Waals surface area (Å²) in [4.78, 5) is 4.31. The number of methoxy groups -OCH3 is 1. The average Bonchev–Trinajstić information content (AvgIpc) is 2.54. The van der Waals surface area contributed by atoms with Crippen molar-refractivity contribution in [3.05, 3.63) is 53.3 Å². The second-order valence-corrected chi connectivity index (χ2v) is 7.15. The molecule has 0 bridgehead atoms. The third-order valence-electron chi connectivity index (χ3n) is 3.46. The number of sulfonamides is 1. The van der Waals surface area contributed by atoms with Crippen LogP contribution >= 0.6 is 11.6 Å². The van der Waals surface area contributed by atoms with Gasteiger partial charge in [0.2, 0.25) is 10.0 Å². The van der Waals surface area contributed by atoms with Gasteiger partial charge in [-0.2, -0.15) is 4.31 Å². The smallest absolute Gasteiger partial charge is 0.243 e. The lowest BCUT2D eigenvalue weighted by Gasteiger charge is -2.24. The molecule has 0 N–H and O–H groups in total. The number of hydrogen-bond donors (Lipinski definition) is 0. The minimum absolute atomic E-state index is 0.114. The molecule has 0 saturated carbocycles. The largest absolute Gasteiger partial charge is 0.495 e. The molecular formula is C15H17ClN2O3S. The van der Waals surface area contributed by atoms with Crippen LogP contribution in [0.4, 0.5) is 0 Å². The van der Waals surface area contributed by atoms with E-state index in [0.29, 0.717) is 11.4 Å². The number of pyridine rings is 1. The van der Waals surface area contributed by atoms with Gasteiger partial charge in [-0.1, -0.05) is 17.7 Å². The lowest BCUT2D eigenvalue weighted by Crippen LogP contribution is -2.30. The van der Waals surface area contributed by atoms with Crippen LogP contribution in [0.1, 0.15) is 18.7 Å². The summed E-state index contributed by atoms with van der Waals surface area (Å²) >= 11 is 6.02. The van der Waals surface area contributed by atoms with Gasteiger partial charge in [-0.25, -0.2) is 8.42 Å². The lowest BCUT2D eigenvalue weighted by molar-refractivity contribution is 0.391. The Labute approximate surface area is 135 Å². The molecule has 22 heavy (non-hydrogen) atoms. The van der Waals surface area contributed by atoms with Crippen molar-refractivity contribution in [3.63, 3.8) is 0 Å². The van der Waals surface area contributed by atoms with Crippen LogP contribution in [-0.2, 0) is 10.0 Å². The minimum atomic E-state index is -3.68. The number of benzene rings is 1. The Morgan fingerprint density at radius 3 is 2.55 bits per heavy atom. The van der Waals surface area contributed by atoms with Crippen molar-refractivity contribution in [2.24, 2.45) is 0 Å². The Morgan fingerprint density at radius 1 is 1.27 bits per heavy atom. The van der Waals surface area contributed by atoms with E-state index in [9.17, 15) is 8.42 Å². The molecule has 1 aromatic heterocycles.